The van der Waals surface area contributed by atoms with Crippen LogP contribution in [0.3, 0.4) is 0 Å². The van der Waals surface area contributed by atoms with Crippen LogP contribution in [0.1, 0.15) is 0 Å². The third-order valence-electron chi connectivity index (χ3n) is 1.40. The lowest BCUT2D eigenvalue weighted by Crippen LogP contribution is -2.16. The van der Waals surface area contributed by atoms with E-state index < -0.39 is 6.03 Å². The van der Waals surface area contributed by atoms with Crippen molar-refractivity contribution >= 4 is 17.5 Å². The summed E-state index contributed by atoms with van der Waals surface area (Å²) >= 11 is 0. The summed E-state index contributed by atoms with van der Waals surface area (Å²) in [5.41, 5.74) is 0.542. The van der Waals surface area contributed by atoms with Crippen molar-refractivity contribution < 1.29 is 9.59 Å². The average molecular weight is 147 g/mol. The highest BCUT2D eigenvalue weighted by Gasteiger charge is 2.26. The number of hydrogen-bond acceptors (Lipinski definition) is 2. The van der Waals surface area contributed by atoms with E-state index in [4.69, 9.17) is 0 Å². The molecule has 0 aromatic heterocycles. The zero-order valence-electron chi connectivity index (χ0n) is 5.44. The van der Waals surface area contributed by atoms with Crippen LogP contribution in [-0.4, -0.2) is 17.5 Å². The monoisotopic (exact) mass is 147 g/mol. The Kier molecular flexibility index (Phi) is 1.03. The number of carbonyl (C=O) groups is 2. The highest BCUT2D eigenvalue weighted by atomic mass is 16.2. The predicted molar refractivity (Wildman–Crippen MR) is 37.2 cm³/mol. The van der Waals surface area contributed by atoms with Crippen LogP contribution in [0.15, 0.2) is 28.9 Å². The van der Waals surface area contributed by atoms with Gasteiger partial charge in [0.05, 0.1) is 5.70 Å². The van der Waals surface area contributed by atoms with Crippen molar-refractivity contribution in [3.63, 3.8) is 0 Å². The standard InChI is InChI=1S/C7H3N2O2/c10-5-3-1-2-4-6(5)9-7(11)8-4/h1-3H. The SMILES string of the molecule is O=C1[N]C2=CC=CC(=O)C2=N1. The van der Waals surface area contributed by atoms with Crippen molar-refractivity contribution in [1.82, 2.24) is 5.32 Å². The number of fused-ring (bicyclic) bond motifs is 1. The normalized spacial score (nSPS) is 20.7. The smallest absolute Gasteiger partial charge is 0.287 e. The van der Waals surface area contributed by atoms with E-state index in [0.29, 0.717) is 5.70 Å². The van der Waals surface area contributed by atoms with Crippen molar-refractivity contribution in [2.75, 3.05) is 0 Å². The second-order valence-corrected chi connectivity index (χ2v) is 2.13. The Morgan fingerprint density at radius 2 is 2.09 bits per heavy atom. The van der Waals surface area contributed by atoms with Crippen LogP contribution in [0.2, 0.25) is 0 Å². The van der Waals surface area contributed by atoms with Gasteiger partial charge in [0.2, 0.25) is 5.78 Å². The number of amides is 2. The summed E-state index contributed by atoms with van der Waals surface area (Å²) in [6.07, 6.45) is 4.50. The highest BCUT2D eigenvalue weighted by molar-refractivity contribution is 6.53. The Morgan fingerprint density at radius 3 is 2.82 bits per heavy atom. The van der Waals surface area contributed by atoms with Gasteiger partial charge in [-0.25, -0.2) is 4.79 Å². The van der Waals surface area contributed by atoms with Crippen molar-refractivity contribution in [3.05, 3.63) is 23.9 Å². The first kappa shape index (κ1) is 6.03. The molecule has 4 nitrogen and oxygen atoms in total. The number of rotatable bonds is 0. The van der Waals surface area contributed by atoms with Gasteiger partial charge in [-0.1, -0.05) is 6.08 Å². The molecule has 0 aromatic rings. The molecule has 0 saturated heterocycles. The molecule has 0 unspecified atom stereocenters. The van der Waals surface area contributed by atoms with Crippen LogP contribution in [-0.2, 0) is 4.79 Å². The van der Waals surface area contributed by atoms with Crippen LogP contribution in [0.25, 0.3) is 0 Å². The molecule has 2 rings (SSSR count). The van der Waals surface area contributed by atoms with Crippen molar-refractivity contribution in [3.8, 4) is 0 Å². The van der Waals surface area contributed by atoms with Crippen LogP contribution >= 0.6 is 0 Å². The van der Waals surface area contributed by atoms with Crippen molar-refractivity contribution in [2.24, 2.45) is 4.99 Å². The molecule has 0 aromatic carbocycles. The number of urea groups is 1. The minimum absolute atomic E-state index is 0.164. The van der Waals surface area contributed by atoms with Crippen LogP contribution in [0.4, 0.5) is 4.79 Å². The Labute approximate surface area is 62.3 Å². The van der Waals surface area contributed by atoms with Gasteiger partial charge in [-0.2, -0.15) is 10.3 Å². The van der Waals surface area contributed by atoms with E-state index in [9.17, 15) is 9.59 Å². The summed E-state index contributed by atoms with van der Waals surface area (Å²) in [5.74, 6) is -0.253. The Balaban J connectivity index is 2.52. The Hall–Kier alpha value is -1.71. The van der Waals surface area contributed by atoms with Gasteiger partial charge in [0.1, 0.15) is 5.71 Å². The largest absolute Gasteiger partial charge is 0.368 e. The quantitative estimate of drug-likeness (QED) is 0.459. The molecule has 1 radical (unpaired) electrons. The minimum Gasteiger partial charge on any atom is -0.287 e. The van der Waals surface area contributed by atoms with Gasteiger partial charge < -0.3 is 0 Å². The van der Waals surface area contributed by atoms with E-state index in [-0.39, 0.29) is 11.5 Å². The molecule has 4 heteroatoms. The molecule has 1 heterocycles. The summed E-state index contributed by atoms with van der Waals surface area (Å²) in [5, 5.41) is 3.51. The second kappa shape index (κ2) is 1.88. The molecule has 1 aliphatic carbocycles. The van der Waals surface area contributed by atoms with E-state index in [1.807, 2.05) is 0 Å². The zero-order chi connectivity index (χ0) is 7.84. The molecular weight excluding hydrogens is 144 g/mol. The number of allylic oxidation sites excluding steroid dienone is 4. The zero-order valence-corrected chi connectivity index (χ0v) is 5.44. The molecule has 0 N–H and O–H groups in total. The fourth-order valence-corrected chi connectivity index (χ4v) is 0.937. The van der Waals surface area contributed by atoms with E-state index in [1.165, 1.54) is 6.08 Å². The van der Waals surface area contributed by atoms with E-state index in [1.54, 1.807) is 12.2 Å². The molecular formula is C7H3N2O2. The van der Waals surface area contributed by atoms with Gasteiger partial charge in [0, 0.05) is 0 Å². The lowest BCUT2D eigenvalue weighted by atomic mass is 10.1. The molecule has 11 heavy (non-hydrogen) atoms. The van der Waals surface area contributed by atoms with E-state index in [0.717, 1.165) is 0 Å². The minimum atomic E-state index is -0.594. The molecule has 0 bridgehead atoms. The third kappa shape index (κ3) is 0.797. The topological polar surface area (TPSA) is 60.6 Å². The van der Waals surface area contributed by atoms with Gasteiger partial charge >= 0.3 is 6.03 Å². The summed E-state index contributed by atoms with van der Waals surface area (Å²) in [4.78, 5) is 25.0. The predicted octanol–water partition coefficient (Wildman–Crippen LogP) is 0.188. The molecule has 2 aliphatic rings. The maximum atomic E-state index is 11.0. The second-order valence-electron chi connectivity index (χ2n) is 2.13. The summed E-state index contributed by atoms with van der Waals surface area (Å²) < 4.78 is 0. The van der Waals surface area contributed by atoms with Crippen molar-refractivity contribution in [2.45, 2.75) is 0 Å². The summed E-state index contributed by atoms with van der Waals surface area (Å²) in [7, 11) is 0. The third-order valence-corrected chi connectivity index (χ3v) is 1.40. The number of aliphatic imine (C=N–C) groups is 1. The number of carbonyl (C=O) groups excluding carboxylic acids is 2. The molecule has 0 saturated carbocycles. The lowest BCUT2D eigenvalue weighted by Gasteiger charge is -1.98. The fourth-order valence-electron chi connectivity index (χ4n) is 0.937. The molecule has 1 aliphatic heterocycles. The molecule has 2 amide bonds. The fraction of sp³-hybridized carbons (Fsp3) is 0. The van der Waals surface area contributed by atoms with E-state index >= 15 is 0 Å². The average Bonchev–Trinajstić information content (AvgIpc) is 2.31. The van der Waals surface area contributed by atoms with Gasteiger partial charge in [-0.3, -0.25) is 4.79 Å². The van der Waals surface area contributed by atoms with Crippen molar-refractivity contribution in [1.29, 1.82) is 0 Å². The van der Waals surface area contributed by atoms with Crippen LogP contribution in [0, 0.1) is 0 Å². The van der Waals surface area contributed by atoms with E-state index in [2.05, 4.69) is 10.3 Å². The summed E-state index contributed by atoms with van der Waals surface area (Å²) in [6, 6.07) is -0.594. The maximum absolute atomic E-state index is 11.0. The Bertz CT molecular complexity index is 336. The summed E-state index contributed by atoms with van der Waals surface area (Å²) in [6.45, 7) is 0. The van der Waals surface area contributed by atoms with Crippen LogP contribution < -0.4 is 5.32 Å². The highest BCUT2D eigenvalue weighted by Crippen LogP contribution is 2.11. The maximum Gasteiger partial charge on any atom is 0.368 e. The van der Waals surface area contributed by atoms with Crippen LogP contribution in [0.5, 0.6) is 0 Å². The van der Waals surface area contributed by atoms with Gasteiger partial charge in [0.15, 0.2) is 0 Å². The Morgan fingerprint density at radius 1 is 1.27 bits per heavy atom. The number of ketones is 1. The lowest BCUT2D eigenvalue weighted by molar-refractivity contribution is -0.108. The first-order chi connectivity index (χ1) is 5.27. The molecule has 0 atom stereocenters. The molecule has 53 valence electrons. The first-order valence-corrected chi connectivity index (χ1v) is 3.05. The van der Waals surface area contributed by atoms with Gasteiger partial charge in [0.25, 0.3) is 0 Å². The van der Waals surface area contributed by atoms with Gasteiger partial charge in [-0.15, -0.1) is 0 Å². The molecule has 0 fully saturated rings. The van der Waals surface area contributed by atoms with Gasteiger partial charge in [-0.05, 0) is 12.2 Å². The first-order valence-electron chi connectivity index (χ1n) is 3.05. The molecule has 0 spiro atoms. The number of nitrogens with zero attached hydrogens (tertiary/aromatic N) is 2. The number of hydrogen-bond donors (Lipinski definition) is 0.